The zero-order chi connectivity index (χ0) is 13.5. The largest absolute Gasteiger partial charge is 0.490 e. The summed E-state index contributed by atoms with van der Waals surface area (Å²) in [7, 11) is 3.34. The molecule has 0 saturated carbocycles. The summed E-state index contributed by atoms with van der Waals surface area (Å²) in [5.74, 6) is 0.341. The normalized spacial score (nSPS) is 10.2. The number of hydrogen-bond donors (Lipinski definition) is 1. The number of rotatable bonds is 6. The molecule has 2 N–H and O–H groups in total. The third kappa shape index (κ3) is 4.17. The van der Waals surface area contributed by atoms with Crippen LogP contribution in [0.1, 0.15) is 6.42 Å². The van der Waals surface area contributed by atoms with Crippen LogP contribution in [0.25, 0.3) is 0 Å². The van der Waals surface area contributed by atoms with Crippen LogP contribution in [-0.2, 0) is 11.3 Å². The van der Waals surface area contributed by atoms with Crippen molar-refractivity contribution >= 4 is 5.91 Å². The van der Waals surface area contributed by atoms with Crippen molar-refractivity contribution in [2.45, 2.75) is 13.0 Å². The number of nitrogens with zero attached hydrogens (tertiary/aromatic N) is 3. The summed E-state index contributed by atoms with van der Waals surface area (Å²) in [5, 5.41) is 3.93. The van der Waals surface area contributed by atoms with E-state index in [1.807, 2.05) is 0 Å². The molecule has 0 aliphatic carbocycles. The van der Waals surface area contributed by atoms with Gasteiger partial charge in [0.05, 0.1) is 12.7 Å². The molecule has 7 nitrogen and oxygen atoms in total. The maximum atomic E-state index is 11.6. The Morgan fingerprint density at radius 1 is 1.56 bits per heavy atom. The molecule has 1 aromatic heterocycles. The van der Waals surface area contributed by atoms with Crippen molar-refractivity contribution in [3.8, 4) is 5.75 Å². The van der Waals surface area contributed by atoms with Gasteiger partial charge in [-0.15, -0.1) is 0 Å². The molecule has 1 rings (SSSR count). The fraction of sp³-hybridized carbons (Fsp3) is 0.545. The first-order chi connectivity index (χ1) is 8.54. The molecule has 1 heterocycles. The molecule has 0 atom stereocenters. The van der Waals surface area contributed by atoms with Gasteiger partial charge in [0, 0.05) is 33.1 Å². The van der Waals surface area contributed by atoms with Gasteiger partial charge < -0.3 is 15.4 Å². The van der Waals surface area contributed by atoms with Crippen LogP contribution < -0.4 is 16.0 Å². The lowest BCUT2D eigenvalue weighted by molar-refractivity contribution is -0.128. The van der Waals surface area contributed by atoms with Crippen LogP contribution in [0.5, 0.6) is 5.75 Å². The lowest BCUT2D eigenvalue weighted by Gasteiger charge is -2.10. The van der Waals surface area contributed by atoms with Crippen LogP contribution >= 0.6 is 0 Å². The van der Waals surface area contributed by atoms with Gasteiger partial charge >= 0.3 is 0 Å². The predicted octanol–water partition coefficient (Wildman–Crippen LogP) is -0.941. The molecule has 0 bridgehead atoms. The summed E-state index contributed by atoms with van der Waals surface area (Å²) in [5.41, 5.74) is 4.99. The number of amides is 1. The molecule has 7 heteroatoms. The Morgan fingerprint density at radius 2 is 2.28 bits per heavy atom. The third-order valence-corrected chi connectivity index (χ3v) is 2.27. The highest BCUT2D eigenvalue weighted by Crippen LogP contribution is 2.02. The first-order valence-electron chi connectivity index (χ1n) is 5.64. The van der Waals surface area contributed by atoms with Crippen LogP contribution in [0.4, 0.5) is 0 Å². The lowest BCUT2D eigenvalue weighted by atomic mass is 10.4. The van der Waals surface area contributed by atoms with E-state index in [2.05, 4.69) is 5.10 Å². The second-order valence-electron chi connectivity index (χ2n) is 3.93. The van der Waals surface area contributed by atoms with Crippen molar-refractivity contribution in [1.82, 2.24) is 14.7 Å². The number of nitrogens with two attached hydrogens (primary N) is 1. The van der Waals surface area contributed by atoms with Gasteiger partial charge in [-0.05, 0) is 0 Å². The van der Waals surface area contributed by atoms with Gasteiger partial charge in [0.1, 0.15) is 12.4 Å². The molecule has 0 spiro atoms. The number of aryl methyl sites for hydroxylation is 1. The van der Waals surface area contributed by atoms with Gasteiger partial charge in [-0.3, -0.25) is 9.59 Å². The van der Waals surface area contributed by atoms with Gasteiger partial charge in [0.2, 0.25) is 5.91 Å². The second-order valence-corrected chi connectivity index (χ2v) is 3.93. The second kappa shape index (κ2) is 6.75. The van der Waals surface area contributed by atoms with Crippen molar-refractivity contribution in [3.63, 3.8) is 0 Å². The predicted molar refractivity (Wildman–Crippen MR) is 66.4 cm³/mol. The third-order valence-electron chi connectivity index (χ3n) is 2.27. The molecule has 1 amide bonds. The van der Waals surface area contributed by atoms with Crippen molar-refractivity contribution in [2.24, 2.45) is 5.73 Å². The highest BCUT2D eigenvalue weighted by Gasteiger charge is 2.06. The van der Waals surface area contributed by atoms with E-state index in [9.17, 15) is 9.59 Å². The van der Waals surface area contributed by atoms with Gasteiger partial charge in [-0.1, -0.05) is 0 Å². The fourth-order valence-electron chi connectivity index (χ4n) is 1.27. The Morgan fingerprint density at radius 3 is 2.83 bits per heavy atom. The maximum absolute atomic E-state index is 11.6. The zero-order valence-corrected chi connectivity index (χ0v) is 10.6. The van der Waals surface area contributed by atoms with Crippen LogP contribution in [0.2, 0.25) is 0 Å². The molecule has 0 aliphatic rings. The topological polar surface area (TPSA) is 90.4 Å². The standard InChI is InChI=1S/C11H18N4O3/c1-14(2)10(16)3-5-15-11(17)7-9(8-13-15)18-6-4-12/h7-8H,3-6,12H2,1-2H3. The van der Waals surface area contributed by atoms with E-state index in [1.54, 1.807) is 14.1 Å². The Hall–Kier alpha value is -1.89. The fourth-order valence-corrected chi connectivity index (χ4v) is 1.27. The Balaban J connectivity index is 2.63. The SMILES string of the molecule is CN(C)C(=O)CCn1ncc(OCCN)cc1=O. The number of aromatic nitrogens is 2. The number of carbonyl (C=O) groups is 1. The minimum Gasteiger partial charge on any atom is -0.490 e. The van der Waals surface area contributed by atoms with E-state index in [0.29, 0.717) is 18.9 Å². The summed E-state index contributed by atoms with van der Waals surface area (Å²) in [6.07, 6.45) is 1.68. The number of ether oxygens (including phenoxy) is 1. The highest BCUT2D eigenvalue weighted by atomic mass is 16.5. The quantitative estimate of drug-likeness (QED) is 0.707. The summed E-state index contributed by atoms with van der Waals surface area (Å²) in [4.78, 5) is 24.5. The molecule has 0 unspecified atom stereocenters. The van der Waals surface area contributed by atoms with E-state index >= 15 is 0 Å². The Kier molecular flexibility index (Phi) is 5.31. The van der Waals surface area contributed by atoms with E-state index in [4.69, 9.17) is 10.5 Å². The first kappa shape index (κ1) is 14.2. The average molecular weight is 254 g/mol. The smallest absolute Gasteiger partial charge is 0.270 e. The zero-order valence-electron chi connectivity index (χ0n) is 10.6. The van der Waals surface area contributed by atoms with Gasteiger partial charge in [0.15, 0.2) is 0 Å². The number of carbonyl (C=O) groups excluding carboxylic acids is 1. The van der Waals surface area contributed by atoms with Gasteiger partial charge in [-0.2, -0.15) is 5.10 Å². The summed E-state index contributed by atoms with van der Waals surface area (Å²) in [6.45, 7) is 0.970. The molecular formula is C11H18N4O3. The van der Waals surface area contributed by atoms with Crippen LogP contribution in [0.15, 0.2) is 17.1 Å². The van der Waals surface area contributed by atoms with Crippen molar-refractivity contribution in [2.75, 3.05) is 27.2 Å². The monoisotopic (exact) mass is 254 g/mol. The first-order valence-corrected chi connectivity index (χ1v) is 5.64. The minimum atomic E-state index is -0.295. The van der Waals surface area contributed by atoms with E-state index in [0.717, 1.165) is 0 Å². The van der Waals surface area contributed by atoms with Gasteiger partial charge in [-0.25, -0.2) is 4.68 Å². The maximum Gasteiger partial charge on any atom is 0.270 e. The highest BCUT2D eigenvalue weighted by molar-refractivity contribution is 5.75. The van der Waals surface area contributed by atoms with Crippen molar-refractivity contribution in [1.29, 1.82) is 0 Å². The van der Waals surface area contributed by atoms with Crippen molar-refractivity contribution < 1.29 is 9.53 Å². The van der Waals surface area contributed by atoms with E-state index in [-0.39, 0.29) is 24.4 Å². The molecule has 18 heavy (non-hydrogen) atoms. The Bertz CT molecular complexity index is 456. The summed E-state index contributed by atoms with van der Waals surface area (Å²) in [6, 6.07) is 1.34. The van der Waals surface area contributed by atoms with Crippen LogP contribution in [0.3, 0.4) is 0 Å². The minimum absolute atomic E-state index is 0.0489. The van der Waals surface area contributed by atoms with Crippen LogP contribution in [-0.4, -0.2) is 47.8 Å². The van der Waals surface area contributed by atoms with Crippen LogP contribution in [0, 0.1) is 0 Å². The molecule has 0 fully saturated rings. The molecule has 0 aromatic carbocycles. The number of hydrogen-bond acceptors (Lipinski definition) is 5. The van der Waals surface area contributed by atoms with Gasteiger partial charge in [0.25, 0.3) is 5.56 Å². The molecule has 0 aliphatic heterocycles. The summed E-state index contributed by atoms with van der Waals surface area (Å²) < 4.78 is 6.41. The molecule has 0 radical (unpaired) electrons. The van der Waals surface area contributed by atoms with E-state index < -0.39 is 0 Å². The van der Waals surface area contributed by atoms with Crippen molar-refractivity contribution in [3.05, 3.63) is 22.6 Å². The average Bonchev–Trinajstić information content (AvgIpc) is 2.34. The summed E-state index contributed by atoms with van der Waals surface area (Å²) >= 11 is 0. The molecule has 1 aromatic rings. The van der Waals surface area contributed by atoms with E-state index in [1.165, 1.54) is 21.8 Å². The molecule has 0 saturated heterocycles. The molecular weight excluding hydrogens is 236 g/mol. The Labute approximate surface area is 105 Å². The lowest BCUT2D eigenvalue weighted by Crippen LogP contribution is -2.27. The molecule has 100 valence electrons.